The second-order valence-electron chi connectivity index (χ2n) is 25.0. The molecule has 0 radical (unpaired) electrons. The Morgan fingerprint density at radius 3 is 0.481 bits per heavy atom. The van der Waals surface area contributed by atoms with Gasteiger partial charge in [-0.05, 0) is 64.7 Å². The molecule has 2 unspecified atom stereocenters. The molecular weight excluding hydrogens is 997 g/mol. The van der Waals surface area contributed by atoms with Crippen LogP contribution in [0.4, 0.5) is 0 Å². The van der Waals surface area contributed by atoms with Crippen molar-refractivity contribution in [3.8, 4) is 0 Å². The zero-order valence-electron chi connectivity index (χ0n) is 55.2. The molecule has 0 amide bonds. The summed E-state index contributed by atoms with van der Waals surface area (Å²) in [6, 6.07) is -0.779. The largest absolute Gasteiger partial charge is 2.00 e. The van der Waals surface area contributed by atoms with Crippen molar-refractivity contribution in [3.05, 3.63) is 0 Å². The molecule has 0 spiro atoms. The third-order valence-corrected chi connectivity index (χ3v) is 17.3. The fraction of sp³-hybridized carbons (Fsp3) is 0.972. The first-order valence-electron chi connectivity index (χ1n) is 36.2. The summed E-state index contributed by atoms with van der Waals surface area (Å²) in [5.41, 5.74) is 0. The number of unbranched alkanes of at least 4 members (excludes halogenated alkanes) is 50. The van der Waals surface area contributed by atoms with Gasteiger partial charge in [-0.25, -0.2) is 0 Å². The van der Waals surface area contributed by atoms with Crippen LogP contribution < -0.4 is 10.2 Å². The SMILES string of the molecule is CCCCCCCCCCCCCCCN(CCCCCCCCCCCCCCC)C(CCCC)C(=O)[O-].CCCCCCCCCCCCCCCN(CCCCCCCCCCCCCCC)C(CCCC)C(=O)[O-].[Ca+2]. The van der Waals surface area contributed by atoms with E-state index in [9.17, 15) is 19.8 Å². The van der Waals surface area contributed by atoms with Crippen LogP contribution in [-0.4, -0.2) is 97.7 Å². The zero-order valence-corrected chi connectivity index (χ0v) is 57.4. The molecule has 0 aromatic carbocycles. The molecule has 0 aliphatic rings. The number of carboxylic acids is 2. The van der Waals surface area contributed by atoms with Crippen LogP contribution in [0, 0.1) is 0 Å². The van der Waals surface area contributed by atoms with Crippen molar-refractivity contribution >= 4 is 49.7 Å². The molecule has 6 nitrogen and oxygen atoms in total. The molecule has 0 aromatic rings. The normalized spacial score (nSPS) is 12.3. The minimum atomic E-state index is -0.854. The quantitative estimate of drug-likeness (QED) is 0.0445. The molecule has 0 fully saturated rings. The average Bonchev–Trinajstić information content (AvgIpc) is 3.43. The van der Waals surface area contributed by atoms with Crippen molar-refractivity contribution in [2.24, 2.45) is 0 Å². The summed E-state index contributed by atoms with van der Waals surface area (Å²) in [4.78, 5) is 28.5. The van der Waals surface area contributed by atoms with Gasteiger partial charge in [0.2, 0.25) is 0 Å². The second-order valence-corrected chi connectivity index (χ2v) is 25.0. The molecule has 2 atom stereocenters. The Balaban J connectivity index is -0.00000144. The van der Waals surface area contributed by atoms with Crippen molar-refractivity contribution < 1.29 is 19.8 Å². The van der Waals surface area contributed by atoms with E-state index < -0.39 is 11.9 Å². The van der Waals surface area contributed by atoms with Gasteiger partial charge in [0, 0.05) is 12.1 Å². The van der Waals surface area contributed by atoms with E-state index in [1.54, 1.807) is 0 Å². The minimum absolute atomic E-state index is 0. The maximum absolute atomic E-state index is 12.0. The van der Waals surface area contributed by atoms with Gasteiger partial charge >= 0.3 is 37.7 Å². The number of rotatable bonds is 66. The molecule has 0 heterocycles. The number of carbonyl (C=O) groups excluding carboxylic acids is 2. The summed E-state index contributed by atoms with van der Waals surface area (Å²) in [5, 5.41) is 23.9. The Morgan fingerprint density at radius 2 is 0.354 bits per heavy atom. The molecule has 0 saturated carbocycles. The Bertz CT molecular complexity index is 995. The van der Waals surface area contributed by atoms with E-state index in [1.807, 2.05) is 0 Å². The average molecular weight is 1140 g/mol. The van der Waals surface area contributed by atoms with E-state index in [0.29, 0.717) is 0 Å². The molecule has 0 bridgehead atoms. The van der Waals surface area contributed by atoms with Crippen LogP contribution in [0.1, 0.15) is 414 Å². The maximum Gasteiger partial charge on any atom is 2.00 e. The zero-order chi connectivity index (χ0) is 57.3. The summed E-state index contributed by atoms with van der Waals surface area (Å²) in [6.07, 6.45) is 76.0. The van der Waals surface area contributed by atoms with Gasteiger partial charge in [-0.2, -0.15) is 0 Å². The molecule has 468 valence electrons. The number of carboxylic acid groups (broad SMARTS) is 2. The van der Waals surface area contributed by atoms with Gasteiger partial charge in [-0.15, -0.1) is 0 Å². The molecule has 0 aliphatic heterocycles. The van der Waals surface area contributed by atoms with Crippen molar-refractivity contribution in [1.29, 1.82) is 0 Å². The number of carbonyl (C=O) groups is 2. The minimum Gasteiger partial charge on any atom is -0.548 e. The van der Waals surface area contributed by atoms with Gasteiger partial charge in [-0.3, -0.25) is 9.80 Å². The van der Waals surface area contributed by atoms with Crippen LogP contribution in [0.15, 0.2) is 0 Å². The van der Waals surface area contributed by atoms with E-state index in [4.69, 9.17) is 0 Å². The van der Waals surface area contributed by atoms with Gasteiger partial charge in [-0.1, -0.05) is 375 Å². The van der Waals surface area contributed by atoms with Gasteiger partial charge < -0.3 is 19.8 Å². The third-order valence-electron chi connectivity index (χ3n) is 17.3. The predicted octanol–water partition coefficient (Wildman–Crippen LogP) is 21.2. The predicted molar refractivity (Wildman–Crippen MR) is 348 cm³/mol. The number of hydrogen-bond donors (Lipinski definition) is 0. The topological polar surface area (TPSA) is 86.7 Å². The molecule has 0 rings (SSSR count). The van der Waals surface area contributed by atoms with E-state index >= 15 is 0 Å². The monoisotopic (exact) mass is 1140 g/mol. The van der Waals surface area contributed by atoms with E-state index in [0.717, 1.165) is 90.4 Å². The fourth-order valence-electron chi connectivity index (χ4n) is 11.9. The van der Waals surface area contributed by atoms with E-state index in [1.165, 1.54) is 308 Å². The Labute approximate surface area is 527 Å². The van der Waals surface area contributed by atoms with Crippen molar-refractivity contribution in [3.63, 3.8) is 0 Å². The van der Waals surface area contributed by atoms with Crippen LogP contribution in [-0.2, 0) is 9.59 Å². The molecule has 79 heavy (non-hydrogen) atoms. The van der Waals surface area contributed by atoms with Crippen LogP contribution >= 0.6 is 0 Å². The van der Waals surface area contributed by atoms with Crippen molar-refractivity contribution in [2.45, 2.75) is 426 Å². The first-order valence-corrected chi connectivity index (χ1v) is 36.2. The van der Waals surface area contributed by atoms with E-state index in [2.05, 4.69) is 51.3 Å². The van der Waals surface area contributed by atoms with Gasteiger partial charge in [0.25, 0.3) is 0 Å². The molecule has 0 N–H and O–H groups in total. The van der Waals surface area contributed by atoms with Gasteiger partial charge in [0.05, 0.1) is 11.9 Å². The summed E-state index contributed by atoms with van der Waals surface area (Å²) < 4.78 is 0. The summed E-state index contributed by atoms with van der Waals surface area (Å²) in [7, 11) is 0. The van der Waals surface area contributed by atoms with Crippen LogP contribution in [0.5, 0.6) is 0 Å². The first kappa shape index (κ1) is 83.3. The van der Waals surface area contributed by atoms with E-state index in [-0.39, 0.29) is 49.8 Å². The maximum atomic E-state index is 12.0. The van der Waals surface area contributed by atoms with Gasteiger partial charge in [0.15, 0.2) is 0 Å². The van der Waals surface area contributed by atoms with Crippen LogP contribution in [0.3, 0.4) is 0 Å². The summed E-state index contributed by atoms with van der Waals surface area (Å²) in [6.45, 7) is 17.1. The van der Waals surface area contributed by atoms with Crippen molar-refractivity contribution in [2.75, 3.05) is 26.2 Å². The third kappa shape index (κ3) is 64.0. The Hall–Kier alpha value is 0.120. The Kier molecular flexibility index (Phi) is 76.3. The number of hydrogen-bond acceptors (Lipinski definition) is 6. The number of aliphatic carboxylic acids is 2. The molecule has 0 aliphatic carbocycles. The summed E-state index contributed by atoms with van der Waals surface area (Å²) in [5.74, 6) is -1.71. The Morgan fingerprint density at radius 1 is 0.228 bits per heavy atom. The molecule has 0 saturated heterocycles. The molecule has 0 aromatic heterocycles. The second kappa shape index (κ2) is 72.4. The molecule has 7 heteroatoms. The standard InChI is InChI=1S/2C36H73NO2.Ca/c2*1-4-7-10-12-14-16-18-20-22-24-26-28-30-33-37(35(36(38)39)32-9-6-3)34-31-29-27-25-23-21-19-17-15-13-11-8-5-2;/h2*35H,4-34H2,1-3H3,(H,38,39);/q;;+2/p-2. The molecular formula is C72H144CaN2O4. The van der Waals surface area contributed by atoms with Crippen LogP contribution in [0.2, 0.25) is 0 Å². The smallest absolute Gasteiger partial charge is 0.548 e. The van der Waals surface area contributed by atoms with Crippen molar-refractivity contribution in [1.82, 2.24) is 9.80 Å². The summed E-state index contributed by atoms with van der Waals surface area (Å²) >= 11 is 0. The number of nitrogens with zero attached hydrogens (tertiary/aromatic N) is 2. The van der Waals surface area contributed by atoms with Crippen LogP contribution in [0.25, 0.3) is 0 Å². The first-order chi connectivity index (χ1) is 38.3. The fourth-order valence-corrected chi connectivity index (χ4v) is 11.9. The van der Waals surface area contributed by atoms with Gasteiger partial charge in [0.1, 0.15) is 0 Å².